The van der Waals surface area contributed by atoms with Crippen LogP contribution in [0.3, 0.4) is 0 Å². The van der Waals surface area contributed by atoms with Crippen LogP contribution in [-0.4, -0.2) is 26.9 Å². The number of amides is 1. The standard InChI is InChI=1S/C13H10ClNO5S2/c14-11-3-4-13(21-11)22(17,18)6-12(16)15-8-1-2-9-10(5-8)20-7-19-9/h1-5H,6-7H2,(H,15,16). The predicted octanol–water partition coefficient (Wildman–Crippen LogP) is 2.54. The number of fused-ring (bicyclic) bond motifs is 1. The minimum absolute atomic E-state index is 0.0679. The van der Waals surface area contributed by atoms with E-state index in [-0.39, 0.29) is 11.0 Å². The Morgan fingerprint density at radius 3 is 2.73 bits per heavy atom. The third-order valence-corrected chi connectivity index (χ3v) is 6.26. The second-order valence-corrected chi connectivity index (χ2v) is 8.37. The zero-order valence-corrected chi connectivity index (χ0v) is 13.4. The SMILES string of the molecule is O=C(CS(=O)(=O)c1ccc(Cl)s1)Nc1ccc2c(c1)OCO2. The maximum absolute atomic E-state index is 12.1. The Morgan fingerprint density at radius 2 is 2.00 bits per heavy atom. The lowest BCUT2D eigenvalue weighted by atomic mass is 10.3. The van der Waals surface area contributed by atoms with Crippen molar-refractivity contribution in [2.45, 2.75) is 4.21 Å². The molecule has 0 saturated heterocycles. The predicted molar refractivity (Wildman–Crippen MR) is 82.6 cm³/mol. The van der Waals surface area contributed by atoms with Crippen LogP contribution in [0.1, 0.15) is 0 Å². The molecule has 1 amide bonds. The van der Waals surface area contributed by atoms with Gasteiger partial charge in [0.05, 0.1) is 4.34 Å². The quantitative estimate of drug-likeness (QED) is 0.907. The van der Waals surface area contributed by atoms with Gasteiger partial charge in [0, 0.05) is 11.8 Å². The highest BCUT2D eigenvalue weighted by molar-refractivity contribution is 7.94. The summed E-state index contributed by atoms with van der Waals surface area (Å²) in [7, 11) is -3.70. The molecule has 22 heavy (non-hydrogen) atoms. The number of benzene rings is 1. The van der Waals surface area contributed by atoms with E-state index in [1.165, 1.54) is 12.1 Å². The number of ether oxygens (including phenoxy) is 2. The lowest BCUT2D eigenvalue weighted by Crippen LogP contribution is -2.22. The van der Waals surface area contributed by atoms with Crippen molar-refractivity contribution in [2.75, 3.05) is 17.9 Å². The van der Waals surface area contributed by atoms with Crippen molar-refractivity contribution in [2.24, 2.45) is 0 Å². The van der Waals surface area contributed by atoms with Crippen LogP contribution >= 0.6 is 22.9 Å². The Balaban J connectivity index is 1.70. The summed E-state index contributed by atoms with van der Waals surface area (Å²) in [4.78, 5) is 11.9. The van der Waals surface area contributed by atoms with Gasteiger partial charge in [-0.05, 0) is 24.3 Å². The highest BCUT2D eigenvalue weighted by Crippen LogP contribution is 2.34. The molecule has 0 fully saturated rings. The van der Waals surface area contributed by atoms with Crippen LogP contribution in [0.4, 0.5) is 5.69 Å². The molecule has 9 heteroatoms. The van der Waals surface area contributed by atoms with Crippen LogP contribution in [0.5, 0.6) is 11.5 Å². The van der Waals surface area contributed by atoms with Crippen molar-refractivity contribution in [3.8, 4) is 11.5 Å². The minimum Gasteiger partial charge on any atom is -0.454 e. The fourth-order valence-electron chi connectivity index (χ4n) is 1.88. The number of hydrogen-bond donors (Lipinski definition) is 1. The normalized spacial score (nSPS) is 13.1. The number of rotatable bonds is 4. The molecule has 0 saturated carbocycles. The molecule has 0 aliphatic carbocycles. The summed E-state index contributed by atoms with van der Waals surface area (Å²) in [6.07, 6.45) is 0. The summed E-state index contributed by atoms with van der Waals surface area (Å²) < 4.78 is 34.9. The van der Waals surface area contributed by atoms with Gasteiger partial charge in [-0.2, -0.15) is 0 Å². The van der Waals surface area contributed by atoms with Crippen molar-refractivity contribution in [1.82, 2.24) is 0 Å². The summed E-state index contributed by atoms with van der Waals surface area (Å²) in [6.45, 7) is 0.125. The van der Waals surface area contributed by atoms with Crippen molar-refractivity contribution < 1.29 is 22.7 Å². The lowest BCUT2D eigenvalue weighted by molar-refractivity contribution is -0.113. The molecule has 0 atom stereocenters. The fourth-order valence-corrected chi connectivity index (χ4v) is 4.58. The number of anilines is 1. The number of sulfone groups is 1. The highest BCUT2D eigenvalue weighted by atomic mass is 35.5. The second-order valence-electron chi connectivity index (χ2n) is 4.43. The fraction of sp³-hybridized carbons (Fsp3) is 0.154. The van der Waals surface area contributed by atoms with Crippen LogP contribution < -0.4 is 14.8 Å². The molecule has 1 aromatic heterocycles. The Labute approximate surface area is 135 Å². The van der Waals surface area contributed by atoms with Gasteiger partial charge < -0.3 is 14.8 Å². The summed E-state index contributed by atoms with van der Waals surface area (Å²) in [6, 6.07) is 7.70. The maximum atomic E-state index is 12.1. The van der Waals surface area contributed by atoms with E-state index in [0.29, 0.717) is 21.5 Å². The Kier molecular flexibility index (Phi) is 3.98. The van der Waals surface area contributed by atoms with E-state index in [1.807, 2.05) is 0 Å². The monoisotopic (exact) mass is 359 g/mol. The van der Waals surface area contributed by atoms with E-state index in [2.05, 4.69) is 5.32 Å². The first kappa shape index (κ1) is 15.1. The zero-order valence-electron chi connectivity index (χ0n) is 11.0. The molecule has 2 heterocycles. The van der Waals surface area contributed by atoms with Crippen LogP contribution in [0, 0.1) is 0 Å². The summed E-state index contributed by atoms with van der Waals surface area (Å²) in [5, 5.41) is 2.52. The average molecular weight is 360 g/mol. The second kappa shape index (κ2) is 5.79. The summed E-state index contributed by atoms with van der Waals surface area (Å²) in [5.41, 5.74) is 0.439. The molecule has 0 spiro atoms. The van der Waals surface area contributed by atoms with E-state index in [9.17, 15) is 13.2 Å². The average Bonchev–Trinajstić information content (AvgIpc) is 3.06. The molecule has 116 valence electrons. The van der Waals surface area contributed by atoms with Gasteiger partial charge in [0.25, 0.3) is 0 Å². The maximum Gasteiger partial charge on any atom is 0.239 e. The summed E-state index contributed by atoms with van der Waals surface area (Å²) >= 11 is 6.63. The van der Waals surface area contributed by atoms with E-state index < -0.39 is 21.5 Å². The topological polar surface area (TPSA) is 81.7 Å². The largest absolute Gasteiger partial charge is 0.454 e. The smallest absolute Gasteiger partial charge is 0.239 e. The van der Waals surface area contributed by atoms with Gasteiger partial charge in [-0.3, -0.25) is 4.79 Å². The Morgan fingerprint density at radius 1 is 1.23 bits per heavy atom. The van der Waals surface area contributed by atoms with Gasteiger partial charge in [-0.1, -0.05) is 11.6 Å². The third kappa shape index (κ3) is 3.18. The first-order valence-electron chi connectivity index (χ1n) is 6.12. The van der Waals surface area contributed by atoms with Gasteiger partial charge in [0.15, 0.2) is 21.3 Å². The number of nitrogens with one attached hydrogen (secondary N) is 1. The molecule has 0 unspecified atom stereocenters. The third-order valence-electron chi connectivity index (χ3n) is 2.83. The molecule has 1 N–H and O–H groups in total. The van der Waals surface area contributed by atoms with Crippen LogP contribution in [0.2, 0.25) is 4.34 Å². The van der Waals surface area contributed by atoms with Crippen LogP contribution in [-0.2, 0) is 14.6 Å². The van der Waals surface area contributed by atoms with Crippen LogP contribution in [0.15, 0.2) is 34.5 Å². The van der Waals surface area contributed by atoms with Crippen molar-refractivity contribution in [1.29, 1.82) is 0 Å². The number of carbonyl (C=O) groups is 1. The molecule has 0 radical (unpaired) electrons. The van der Waals surface area contributed by atoms with E-state index in [0.717, 1.165) is 11.3 Å². The molecule has 1 aromatic carbocycles. The van der Waals surface area contributed by atoms with Gasteiger partial charge >= 0.3 is 0 Å². The van der Waals surface area contributed by atoms with Gasteiger partial charge in [-0.25, -0.2) is 8.42 Å². The van der Waals surface area contributed by atoms with Crippen molar-refractivity contribution in [3.05, 3.63) is 34.7 Å². The first-order valence-corrected chi connectivity index (χ1v) is 8.96. The lowest BCUT2D eigenvalue weighted by Gasteiger charge is -2.06. The molecule has 1 aliphatic heterocycles. The number of hydrogen-bond acceptors (Lipinski definition) is 6. The number of thiophene rings is 1. The molecule has 3 rings (SSSR count). The highest BCUT2D eigenvalue weighted by Gasteiger charge is 2.22. The van der Waals surface area contributed by atoms with Crippen molar-refractivity contribution >= 4 is 44.4 Å². The Bertz CT molecular complexity index is 831. The molecule has 1 aliphatic rings. The minimum atomic E-state index is -3.70. The van der Waals surface area contributed by atoms with E-state index in [1.54, 1.807) is 18.2 Å². The van der Waals surface area contributed by atoms with Gasteiger partial charge in [0.1, 0.15) is 9.96 Å². The number of carbonyl (C=O) groups excluding carboxylic acids is 1. The zero-order chi connectivity index (χ0) is 15.7. The molecule has 0 bridgehead atoms. The molecule has 2 aromatic rings. The number of halogens is 1. The first-order chi connectivity index (χ1) is 10.4. The van der Waals surface area contributed by atoms with Gasteiger partial charge in [0.2, 0.25) is 12.7 Å². The Hall–Kier alpha value is -1.77. The molecular weight excluding hydrogens is 350 g/mol. The summed E-state index contributed by atoms with van der Waals surface area (Å²) in [5.74, 6) is -0.203. The van der Waals surface area contributed by atoms with Gasteiger partial charge in [-0.15, -0.1) is 11.3 Å². The van der Waals surface area contributed by atoms with Crippen LogP contribution in [0.25, 0.3) is 0 Å². The van der Waals surface area contributed by atoms with E-state index >= 15 is 0 Å². The molecular formula is C13H10ClNO5S2. The van der Waals surface area contributed by atoms with Crippen molar-refractivity contribution in [3.63, 3.8) is 0 Å². The molecule has 6 nitrogen and oxygen atoms in total. The van der Waals surface area contributed by atoms with E-state index in [4.69, 9.17) is 21.1 Å².